The molecular formula is C22H25N3S2. The lowest BCUT2D eigenvalue weighted by molar-refractivity contribution is 0.244. The minimum absolute atomic E-state index is 0.601. The van der Waals surface area contributed by atoms with Gasteiger partial charge < -0.3 is 0 Å². The molecule has 1 aliphatic heterocycles. The SMILES string of the molecule is c1csc(-c2ccc(CN3CCc4nc(C5CCCCC5)ncc4C3)s2)c1. The summed E-state index contributed by atoms with van der Waals surface area (Å²) in [6, 6.07) is 8.89. The molecule has 5 rings (SSSR count). The summed E-state index contributed by atoms with van der Waals surface area (Å²) in [5.74, 6) is 1.71. The summed E-state index contributed by atoms with van der Waals surface area (Å²) in [7, 11) is 0. The van der Waals surface area contributed by atoms with Crippen LogP contribution in [0, 0.1) is 0 Å². The first-order valence-electron chi connectivity index (χ1n) is 10.0. The zero-order chi connectivity index (χ0) is 18.1. The van der Waals surface area contributed by atoms with Crippen molar-refractivity contribution in [3.63, 3.8) is 0 Å². The first kappa shape index (κ1) is 17.5. The maximum atomic E-state index is 4.98. The topological polar surface area (TPSA) is 29.0 Å². The predicted octanol–water partition coefficient (Wildman–Crippen LogP) is 5.87. The quantitative estimate of drug-likeness (QED) is 0.553. The molecular weight excluding hydrogens is 370 g/mol. The van der Waals surface area contributed by atoms with Gasteiger partial charge in [0.15, 0.2) is 0 Å². The largest absolute Gasteiger partial charge is 0.293 e. The highest BCUT2D eigenvalue weighted by Crippen LogP contribution is 2.33. The average Bonchev–Trinajstić information content (AvgIpc) is 3.40. The van der Waals surface area contributed by atoms with Gasteiger partial charge in [-0.15, -0.1) is 22.7 Å². The van der Waals surface area contributed by atoms with Crippen LogP contribution in [0.25, 0.3) is 9.75 Å². The van der Waals surface area contributed by atoms with Gasteiger partial charge in [-0.2, -0.15) is 0 Å². The van der Waals surface area contributed by atoms with E-state index in [9.17, 15) is 0 Å². The lowest BCUT2D eigenvalue weighted by Gasteiger charge is -2.28. The molecule has 0 saturated heterocycles. The minimum atomic E-state index is 0.601. The molecule has 0 N–H and O–H groups in total. The smallest absolute Gasteiger partial charge is 0.131 e. The van der Waals surface area contributed by atoms with Crippen LogP contribution >= 0.6 is 22.7 Å². The van der Waals surface area contributed by atoms with E-state index in [-0.39, 0.29) is 0 Å². The Bertz CT molecular complexity index is 894. The zero-order valence-electron chi connectivity index (χ0n) is 15.6. The molecule has 5 heteroatoms. The van der Waals surface area contributed by atoms with Gasteiger partial charge >= 0.3 is 0 Å². The van der Waals surface area contributed by atoms with Gasteiger partial charge in [0.25, 0.3) is 0 Å². The molecule has 0 atom stereocenters. The Balaban J connectivity index is 1.26. The van der Waals surface area contributed by atoms with Crippen LogP contribution in [0.1, 0.15) is 60.0 Å². The Kier molecular flexibility index (Phi) is 5.08. The van der Waals surface area contributed by atoms with Gasteiger partial charge in [0.1, 0.15) is 5.82 Å². The number of nitrogens with zero attached hydrogens (tertiary/aromatic N) is 3. The van der Waals surface area contributed by atoms with Crippen LogP contribution in [0.3, 0.4) is 0 Å². The molecule has 140 valence electrons. The van der Waals surface area contributed by atoms with Crippen molar-refractivity contribution in [1.82, 2.24) is 14.9 Å². The molecule has 0 aromatic carbocycles. The Morgan fingerprint density at radius 3 is 2.85 bits per heavy atom. The number of hydrogen-bond donors (Lipinski definition) is 0. The summed E-state index contributed by atoms with van der Waals surface area (Å²) >= 11 is 3.74. The summed E-state index contributed by atoms with van der Waals surface area (Å²) < 4.78 is 0. The molecule has 1 saturated carbocycles. The van der Waals surface area contributed by atoms with E-state index >= 15 is 0 Å². The number of thiophene rings is 2. The van der Waals surface area contributed by atoms with Crippen LogP contribution in [-0.2, 0) is 19.5 Å². The molecule has 4 heterocycles. The third kappa shape index (κ3) is 3.86. The third-order valence-electron chi connectivity index (χ3n) is 5.81. The molecule has 0 unspecified atom stereocenters. The van der Waals surface area contributed by atoms with E-state index in [1.807, 2.05) is 22.7 Å². The second kappa shape index (κ2) is 7.82. The van der Waals surface area contributed by atoms with Gasteiger partial charge in [-0.05, 0) is 36.4 Å². The van der Waals surface area contributed by atoms with Gasteiger partial charge in [-0.3, -0.25) is 4.90 Å². The third-order valence-corrected chi connectivity index (χ3v) is 7.94. The molecule has 27 heavy (non-hydrogen) atoms. The molecule has 3 aromatic rings. The fourth-order valence-electron chi connectivity index (χ4n) is 4.32. The zero-order valence-corrected chi connectivity index (χ0v) is 17.2. The van der Waals surface area contributed by atoms with Crippen LogP contribution in [0.2, 0.25) is 0 Å². The van der Waals surface area contributed by atoms with Gasteiger partial charge in [0.2, 0.25) is 0 Å². The van der Waals surface area contributed by atoms with E-state index in [4.69, 9.17) is 9.97 Å². The second-order valence-corrected chi connectivity index (χ2v) is 9.86. The van der Waals surface area contributed by atoms with Crippen LogP contribution in [0.15, 0.2) is 35.8 Å². The Morgan fingerprint density at radius 2 is 2.00 bits per heavy atom. The van der Waals surface area contributed by atoms with E-state index in [1.54, 1.807) is 0 Å². The van der Waals surface area contributed by atoms with Crippen LogP contribution < -0.4 is 0 Å². The molecule has 0 bridgehead atoms. The summed E-state index contributed by atoms with van der Waals surface area (Å²) in [6.45, 7) is 3.10. The molecule has 1 fully saturated rings. The first-order chi connectivity index (χ1) is 13.3. The van der Waals surface area contributed by atoms with Crippen LogP contribution in [0.5, 0.6) is 0 Å². The van der Waals surface area contributed by atoms with Crippen molar-refractivity contribution in [3.05, 3.63) is 57.8 Å². The second-order valence-electron chi connectivity index (χ2n) is 7.74. The molecule has 0 amide bonds. The fraction of sp³-hybridized carbons (Fsp3) is 0.455. The van der Waals surface area contributed by atoms with Crippen molar-refractivity contribution in [3.8, 4) is 9.75 Å². The number of fused-ring (bicyclic) bond motifs is 1. The van der Waals surface area contributed by atoms with E-state index in [2.05, 4.69) is 40.7 Å². The molecule has 3 aromatic heterocycles. The van der Waals surface area contributed by atoms with Crippen LogP contribution in [-0.4, -0.2) is 21.4 Å². The van der Waals surface area contributed by atoms with Crippen LogP contribution in [0.4, 0.5) is 0 Å². The average molecular weight is 396 g/mol. The summed E-state index contributed by atoms with van der Waals surface area (Å²) in [5.41, 5.74) is 2.63. The number of hydrogen-bond acceptors (Lipinski definition) is 5. The van der Waals surface area contributed by atoms with Crippen molar-refractivity contribution in [2.45, 2.75) is 57.5 Å². The van der Waals surface area contributed by atoms with E-state index in [1.165, 1.54) is 58.0 Å². The highest BCUT2D eigenvalue weighted by atomic mass is 32.1. The molecule has 0 radical (unpaired) electrons. The van der Waals surface area contributed by atoms with Crippen molar-refractivity contribution in [2.75, 3.05) is 6.54 Å². The van der Waals surface area contributed by atoms with Crippen molar-refractivity contribution < 1.29 is 0 Å². The number of aromatic nitrogens is 2. The highest BCUT2D eigenvalue weighted by molar-refractivity contribution is 7.21. The summed E-state index contributed by atoms with van der Waals surface area (Å²) in [4.78, 5) is 16.5. The van der Waals surface area contributed by atoms with E-state index < -0.39 is 0 Å². The van der Waals surface area contributed by atoms with Gasteiger partial charge in [0.05, 0.1) is 0 Å². The van der Waals surface area contributed by atoms with Crippen molar-refractivity contribution in [1.29, 1.82) is 0 Å². The number of rotatable bonds is 4. The van der Waals surface area contributed by atoms with Crippen molar-refractivity contribution in [2.24, 2.45) is 0 Å². The lowest BCUT2D eigenvalue weighted by atomic mass is 9.88. The Hall–Kier alpha value is -1.56. The maximum absolute atomic E-state index is 4.98. The van der Waals surface area contributed by atoms with Gasteiger partial charge in [0, 0.05) is 64.1 Å². The molecule has 1 aliphatic carbocycles. The highest BCUT2D eigenvalue weighted by Gasteiger charge is 2.23. The normalized spacial score (nSPS) is 18.5. The standard InChI is InChI=1S/C22H25N3S2/c1-2-5-16(6-3-1)22-23-13-17-14-25(11-10-19(17)24-22)15-18-8-9-21(27-18)20-7-4-12-26-20/h4,7-9,12-13,16H,1-3,5-6,10-11,14-15H2. The van der Waals surface area contributed by atoms with Gasteiger partial charge in [-0.25, -0.2) is 9.97 Å². The van der Waals surface area contributed by atoms with Crippen molar-refractivity contribution >= 4 is 22.7 Å². The monoisotopic (exact) mass is 395 g/mol. The summed E-state index contributed by atoms with van der Waals surface area (Å²) in [5, 5.41) is 2.15. The van der Waals surface area contributed by atoms with E-state index in [0.29, 0.717) is 5.92 Å². The predicted molar refractivity (Wildman–Crippen MR) is 113 cm³/mol. The Labute approximate surface area is 169 Å². The Morgan fingerprint density at radius 1 is 1.07 bits per heavy atom. The molecule has 2 aliphatic rings. The fourth-order valence-corrected chi connectivity index (χ4v) is 6.20. The summed E-state index contributed by atoms with van der Waals surface area (Å²) in [6.07, 6.45) is 9.78. The molecule has 0 spiro atoms. The molecule has 3 nitrogen and oxygen atoms in total. The van der Waals surface area contributed by atoms with Gasteiger partial charge in [-0.1, -0.05) is 25.3 Å². The van der Waals surface area contributed by atoms with E-state index in [0.717, 1.165) is 31.9 Å². The maximum Gasteiger partial charge on any atom is 0.131 e. The lowest BCUT2D eigenvalue weighted by Crippen LogP contribution is -2.31. The minimum Gasteiger partial charge on any atom is -0.293 e. The first-order valence-corrected chi connectivity index (χ1v) is 11.7.